The summed E-state index contributed by atoms with van der Waals surface area (Å²) in [6, 6.07) is 1.97. The van der Waals surface area contributed by atoms with Crippen LogP contribution in [0.1, 0.15) is 48.4 Å². The summed E-state index contributed by atoms with van der Waals surface area (Å²) in [6.45, 7) is 5.83. The molecule has 0 saturated heterocycles. The number of carboxylic acid groups (broad SMARTS) is 1. The third-order valence-electron chi connectivity index (χ3n) is 5.49. The lowest BCUT2D eigenvalue weighted by Gasteiger charge is -2.32. The zero-order valence-corrected chi connectivity index (χ0v) is 13.9. The molecule has 1 N–H and O–H groups in total. The van der Waals surface area contributed by atoms with E-state index in [9.17, 15) is 9.59 Å². The molecule has 0 fully saturated rings. The molecule has 0 radical (unpaired) electrons. The lowest BCUT2D eigenvalue weighted by molar-refractivity contribution is -0.139. The number of ether oxygens (including phenoxy) is 1. The van der Waals surface area contributed by atoms with Crippen molar-refractivity contribution < 1.29 is 19.4 Å². The van der Waals surface area contributed by atoms with Crippen LogP contribution in [0.5, 0.6) is 5.75 Å². The van der Waals surface area contributed by atoms with Gasteiger partial charge in [-0.1, -0.05) is 6.92 Å². The number of carbonyl (C=O) groups is 2. The van der Waals surface area contributed by atoms with Crippen LogP contribution in [-0.2, 0) is 16.0 Å². The maximum absolute atomic E-state index is 11.9. The van der Waals surface area contributed by atoms with E-state index in [4.69, 9.17) is 9.84 Å². The molecule has 0 amide bonds. The van der Waals surface area contributed by atoms with Crippen LogP contribution in [0.2, 0.25) is 0 Å². The van der Waals surface area contributed by atoms with Gasteiger partial charge in [0, 0.05) is 11.8 Å². The third kappa shape index (κ3) is 2.46. The molecule has 0 saturated carbocycles. The number of carboxylic acids is 1. The Hall–Kier alpha value is -2.10. The van der Waals surface area contributed by atoms with Crippen molar-refractivity contribution in [3.63, 3.8) is 0 Å². The Kier molecular flexibility index (Phi) is 3.78. The van der Waals surface area contributed by atoms with Gasteiger partial charge in [-0.2, -0.15) is 0 Å². The van der Waals surface area contributed by atoms with Crippen LogP contribution < -0.4 is 4.74 Å². The fourth-order valence-electron chi connectivity index (χ4n) is 4.02. The van der Waals surface area contributed by atoms with E-state index in [1.807, 2.05) is 26.0 Å². The Balaban J connectivity index is 2.11. The molecule has 1 unspecified atom stereocenters. The van der Waals surface area contributed by atoms with Gasteiger partial charge in [0.25, 0.3) is 0 Å². The van der Waals surface area contributed by atoms with Crippen molar-refractivity contribution in [3.8, 4) is 5.75 Å². The summed E-state index contributed by atoms with van der Waals surface area (Å²) in [7, 11) is 0. The second-order valence-electron chi connectivity index (χ2n) is 6.68. The fraction of sp³-hybridized carbons (Fsp3) is 0.474. The monoisotopic (exact) mass is 314 g/mol. The van der Waals surface area contributed by atoms with Crippen molar-refractivity contribution in [2.45, 2.75) is 46.5 Å². The van der Waals surface area contributed by atoms with Crippen molar-refractivity contribution in [2.75, 3.05) is 6.61 Å². The summed E-state index contributed by atoms with van der Waals surface area (Å²) >= 11 is 0. The number of benzene rings is 1. The summed E-state index contributed by atoms with van der Waals surface area (Å²) in [4.78, 5) is 22.7. The molecule has 1 aromatic rings. The summed E-state index contributed by atoms with van der Waals surface area (Å²) < 4.78 is 5.46. The minimum Gasteiger partial charge on any atom is -0.482 e. The SMILES string of the molecule is CCC12CCC(=O)C=C1c1c(cc(OCC(=O)O)c(C)c1C)C2. The Morgan fingerprint density at radius 2 is 2.09 bits per heavy atom. The van der Waals surface area contributed by atoms with E-state index in [-0.39, 0.29) is 17.8 Å². The van der Waals surface area contributed by atoms with Crippen molar-refractivity contribution in [2.24, 2.45) is 5.41 Å². The van der Waals surface area contributed by atoms with Gasteiger partial charge in [-0.3, -0.25) is 4.79 Å². The molecule has 4 nitrogen and oxygen atoms in total. The first-order chi connectivity index (χ1) is 10.9. The highest BCUT2D eigenvalue weighted by Gasteiger charge is 2.44. The van der Waals surface area contributed by atoms with E-state index in [0.29, 0.717) is 12.2 Å². The lowest BCUT2D eigenvalue weighted by Crippen LogP contribution is -2.24. The first-order valence-electron chi connectivity index (χ1n) is 8.11. The maximum Gasteiger partial charge on any atom is 0.341 e. The standard InChI is InChI=1S/C19H22O4/c1-4-19-6-5-14(20)8-15(19)18-12(3)11(2)16(7-13(18)9-19)23-10-17(21)22/h7-8H,4-6,9-10H2,1-3H3,(H,21,22). The summed E-state index contributed by atoms with van der Waals surface area (Å²) in [6.07, 6.45) is 5.26. The molecular formula is C19H22O4. The van der Waals surface area contributed by atoms with E-state index in [1.54, 1.807) is 0 Å². The van der Waals surface area contributed by atoms with E-state index in [0.717, 1.165) is 30.4 Å². The molecule has 0 bridgehead atoms. The molecule has 3 rings (SSSR count). The van der Waals surface area contributed by atoms with Crippen LogP contribution in [0, 0.1) is 19.3 Å². The van der Waals surface area contributed by atoms with Crippen LogP contribution in [0.25, 0.3) is 5.57 Å². The summed E-state index contributed by atoms with van der Waals surface area (Å²) in [5.74, 6) is -0.129. The van der Waals surface area contributed by atoms with Crippen LogP contribution in [0.3, 0.4) is 0 Å². The van der Waals surface area contributed by atoms with Crippen molar-refractivity contribution in [3.05, 3.63) is 34.4 Å². The lowest BCUT2D eigenvalue weighted by atomic mass is 9.70. The van der Waals surface area contributed by atoms with E-state index < -0.39 is 5.97 Å². The molecule has 0 aliphatic heterocycles. The molecule has 0 heterocycles. The molecule has 1 aromatic carbocycles. The summed E-state index contributed by atoms with van der Waals surface area (Å²) in [5.41, 5.74) is 5.64. The highest BCUT2D eigenvalue weighted by Crippen LogP contribution is 2.55. The zero-order chi connectivity index (χ0) is 16.8. The Morgan fingerprint density at radius 1 is 1.35 bits per heavy atom. The number of allylic oxidation sites excluding steroid dienone is 2. The molecule has 1 atom stereocenters. The zero-order valence-electron chi connectivity index (χ0n) is 13.9. The predicted molar refractivity (Wildman–Crippen MR) is 87.7 cm³/mol. The minimum atomic E-state index is -0.977. The van der Waals surface area contributed by atoms with Crippen LogP contribution in [-0.4, -0.2) is 23.5 Å². The second kappa shape index (κ2) is 5.52. The Morgan fingerprint density at radius 3 is 2.74 bits per heavy atom. The van der Waals surface area contributed by atoms with E-state index in [1.165, 1.54) is 16.7 Å². The molecule has 2 aliphatic rings. The molecule has 0 spiro atoms. The maximum atomic E-state index is 11.9. The topological polar surface area (TPSA) is 63.6 Å². The van der Waals surface area contributed by atoms with Crippen molar-refractivity contribution in [1.29, 1.82) is 0 Å². The second-order valence-corrected chi connectivity index (χ2v) is 6.68. The van der Waals surface area contributed by atoms with Crippen LogP contribution >= 0.6 is 0 Å². The average molecular weight is 314 g/mol. The molecule has 2 aliphatic carbocycles. The smallest absolute Gasteiger partial charge is 0.341 e. The average Bonchev–Trinajstić information content (AvgIpc) is 2.83. The first kappa shape index (κ1) is 15.8. The largest absolute Gasteiger partial charge is 0.482 e. The van der Waals surface area contributed by atoms with Gasteiger partial charge in [0.1, 0.15) is 5.75 Å². The van der Waals surface area contributed by atoms with Gasteiger partial charge in [0.15, 0.2) is 12.4 Å². The third-order valence-corrected chi connectivity index (χ3v) is 5.49. The molecule has 4 heteroatoms. The number of fused-ring (bicyclic) bond motifs is 3. The molecule has 0 aromatic heterocycles. The first-order valence-corrected chi connectivity index (χ1v) is 8.11. The number of aliphatic carboxylic acids is 1. The van der Waals surface area contributed by atoms with Crippen molar-refractivity contribution in [1.82, 2.24) is 0 Å². The number of ketones is 1. The van der Waals surface area contributed by atoms with Crippen LogP contribution in [0.4, 0.5) is 0 Å². The number of carbonyl (C=O) groups excluding carboxylic acids is 1. The van der Waals surface area contributed by atoms with Crippen molar-refractivity contribution >= 4 is 17.3 Å². The number of rotatable bonds is 4. The van der Waals surface area contributed by atoms with Gasteiger partial charge < -0.3 is 9.84 Å². The summed E-state index contributed by atoms with van der Waals surface area (Å²) in [5, 5.41) is 8.83. The van der Waals surface area contributed by atoms with Gasteiger partial charge in [-0.25, -0.2) is 4.79 Å². The van der Waals surface area contributed by atoms with E-state index >= 15 is 0 Å². The highest BCUT2D eigenvalue weighted by molar-refractivity contribution is 6.01. The van der Waals surface area contributed by atoms with E-state index in [2.05, 4.69) is 6.92 Å². The van der Waals surface area contributed by atoms with Gasteiger partial charge in [-0.05, 0) is 73.1 Å². The fourth-order valence-corrected chi connectivity index (χ4v) is 4.02. The van der Waals surface area contributed by atoms with Gasteiger partial charge in [0.2, 0.25) is 0 Å². The molecule has 122 valence electrons. The minimum absolute atomic E-state index is 0.0544. The number of hydrogen-bond donors (Lipinski definition) is 1. The van der Waals surface area contributed by atoms with Crippen LogP contribution in [0.15, 0.2) is 12.1 Å². The van der Waals surface area contributed by atoms with Gasteiger partial charge in [-0.15, -0.1) is 0 Å². The quantitative estimate of drug-likeness (QED) is 0.924. The normalized spacial score (nSPS) is 22.4. The predicted octanol–water partition coefficient (Wildman–Crippen LogP) is 3.47. The number of hydrogen-bond acceptors (Lipinski definition) is 3. The Labute approximate surface area is 136 Å². The van der Waals surface area contributed by atoms with Gasteiger partial charge >= 0.3 is 5.97 Å². The molecular weight excluding hydrogens is 292 g/mol. The molecule has 23 heavy (non-hydrogen) atoms. The highest BCUT2D eigenvalue weighted by atomic mass is 16.5. The van der Waals surface area contributed by atoms with Gasteiger partial charge in [0.05, 0.1) is 0 Å². The Bertz CT molecular complexity index is 729.